The van der Waals surface area contributed by atoms with Crippen molar-refractivity contribution < 1.29 is 0 Å². The quantitative estimate of drug-likeness (QED) is 0.503. The van der Waals surface area contributed by atoms with Gasteiger partial charge < -0.3 is 0 Å². The zero-order valence-electron chi connectivity index (χ0n) is 17.1. The van der Waals surface area contributed by atoms with Crippen LogP contribution in [0.25, 0.3) is 0 Å². The fourth-order valence-corrected chi connectivity index (χ4v) is 6.04. The average molecular weight is 295 g/mol. The normalized spacial score (nSPS) is 36.4. The fraction of sp³-hybridized carbons (Fsp3) is 1.00. The molecule has 1 saturated carbocycles. The van der Waals surface area contributed by atoms with Crippen LogP contribution in [0.15, 0.2) is 0 Å². The lowest BCUT2D eigenvalue weighted by Crippen LogP contribution is -2.77. The van der Waals surface area contributed by atoms with Crippen molar-refractivity contribution in [1.29, 1.82) is 0 Å². The molecule has 0 radical (unpaired) electrons. The first-order valence-electron chi connectivity index (χ1n) is 9.14. The molecule has 1 rings (SSSR count). The Bertz CT molecular complexity index is 365. The Hall–Kier alpha value is 0. The van der Waals surface area contributed by atoms with Crippen molar-refractivity contribution in [3.8, 4) is 0 Å². The van der Waals surface area contributed by atoms with E-state index in [4.69, 9.17) is 0 Å². The summed E-state index contributed by atoms with van der Waals surface area (Å²) < 4.78 is 0. The number of rotatable bonds is 5. The molecule has 0 saturated heterocycles. The lowest BCUT2D eigenvalue weighted by molar-refractivity contribution is -0.349. The lowest BCUT2D eigenvalue weighted by atomic mass is 9.21. The molecule has 0 aromatic rings. The molecule has 1 fully saturated rings. The van der Waals surface area contributed by atoms with Crippen LogP contribution in [-0.4, -0.2) is 0 Å². The first kappa shape index (κ1) is 19.0. The Kier molecular flexibility index (Phi) is 4.54. The molecule has 0 spiro atoms. The smallest absolute Gasteiger partial charge is 0.0161 e. The standard InChI is InChI=1S/C21H42/c1-13-17(5,6)21(12)18(7,8)20(11,19(21,9)10)14-16(4)15(2)3/h15-16H,13-14H2,1-12H3. The Morgan fingerprint density at radius 3 is 1.48 bits per heavy atom. The van der Waals surface area contributed by atoms with Gasteiger partial charge in [0.25, 0.3) is 0 Å². The van der Waals surface area contributed by atoms with Crippen LogP contribution in [-0.2, 0) is 0 Å². The van der Waals surface area contributed by atoms with Crippen molar-refractivity contribution in [2.45, 2.75) is 95.9 Å². The third kappa shape index (κ3) is 1.99. The van der Waals surface area contributed by atoms with Crippen LogP contribution in [0.3, 0.4) is 0 Å². The third-order valence-corrected chi connectivity index (χ3v) is 9.36. The first-order valence-corrected chi connectivity index (χ1v) is 9.14. The highest BCUT2D eigenvalue weighted by Crippen LogP contribution is 2.84. The van der Waals surface area contributed by atoms with Crippen molar-refractivity contribution in [2.75, 3.05) is 0 Å². The van der Waals surface area contributed by atoms with Gasteiger partial charge in [0.2, 0.25) is 0 Å². The van der Waals surface area contributed by atoms with Crippen LogP contribution in [0.5, 0.6) is 0 Å². The van der Waals surface area contributed by atoms with Gasteiger partial charge in [0, 0.05) is 0 Å². The predicted molar refractivity (Wildman–Crippen MR) is 96.5 cm³/mol. The Morgan fingerprint density at radius 1 is 0.810 bits per heavy atom. The highest BCUT2D eigenvalue weighted by atomic mass is 14.8. The minimum atomic E-state index is 0.367. The van der Waals surface area contributed by atoms with Gasteiger partial charge in [-0.1, -0.05) is 89.5 Å². The van der Waals surface area contributed by atoms with E-state index in [1.807, 2.05) is 0 Å². The molecule has 0 amide bonds. The highest BCUT2D eigenvalue weighted by Gasteiger charge is 2.78. The second-order valence-electron chi connectivity index (χ2n) is 10.4. The molecule has 1 aliphatic rings. The van der Waals surface area contributed by atoms with E-state index in [2.05, 4.69) is 83.1 Å². The summed E-state index contributed by atoms with van der Waals surface area (Å²) in [6.45, 7) is 29.9. The first-order chi connectivity index (χ1) is 9.14. The predicted octanol–water partition coefficient (Wildman–Crippen LogP) is 7.18. The minimum absolute atomic E-state index is 0.367. The molecule has 0 N–H and O–H groups in total. The van der Waals surface area contributed by atoms with Crippen LogP contribution < -0.4 is 0 Å². The zero-order valence-corrected chi connectivity index (χ0v) is 17.1. The Morgan fingerprint density at radius 2 is 1.19 bits per heavy atom. The van der Waals surface area contributed by atoms with E-state index in [0.29, 0.717) is 27.1 Å². The SMILES string of the molecule is CCC(C)(C)C1(C)C(C)(C)C(C)(CC(C)C(C)C)C1(C)C. The van der Waals surface area contributed by atoms with Crippen LogP contribution in [0.4, 0.5) is 0 Å². The summed E-state index contributed by atoms with van der Waals surface area (Å²) in [5.41, 5.74) is 1.89. The number of hydrogen-bond acceptors (Lipinski definition) is 0. The maximum atomic E-state index is 2.57. The maximum Gasteiger partial charge on any atom is -0.0161 e. The summed E-state index contributed by atoms with van der Waals surface area (Å²) in [5.74, 6) is 1.57. The van der Waals surface area contributed by atoms with Gasteiger partial charge in [0.1, 0.15) is 0 Å². The fourth-order valence-electron chi connectivity index (χ4n) is 6.04. The zero-order chi connectivity index (χ0) is 17.1. The van der Waals surface area contributed by atoms with Gasteiger partial charge in [-0.3, -0.25) is 0 Å². The summed E-state index contributed by atoms with van der Waals surface area (Å²) in [7, 11) is 0. The van der Waals surface area contributed by atoms with E-state index in [-0.39, 0.29) is 0 Å². The van der Waals surface area contributed by atoms with Gasteiger partial charge >= 0.3 is 0 Å². The minimum Gasteiger partial charge on any atom is -0.0649 e. The van der Waals surface area contributed by atoms with Crippen molar-refractivity contribution in [3.05, 3.63) is 0 Å². The molecule has 1 aliphatic carbocycles. The van der Waals surface area contributed by atoms with Gasteiger partial charge in [-0.2, -0.15) is 0 Å². The van der Waals surface area contributed by atoms with Gasteiger partial charge in [-0.05, 0) is 45.3 Å². The Labute approximate surface area is 135 Å². The highest BCUT2D eigenvalue weighted by molar-refractivity contribution is 5.25. The summed E-state index contributed by atoms with van der Waals surface area (Å²) in [4.78, 5) is 0. The van der Waals surface area contributed by atoms with E-state index in [1.54, 1.807) is 0 Å². The topological polar surface area (TPSA) is 0 Å². The molecule has 0 aliphatic heterocycles. The lowest BCUT2D eigenvalue weighted by Gasteiger charge is -2.82. The molecule has 0 nitrogen and oxygen atoms in total. The van der Waals surface area contributed by atoms with E-state index in [0.717, 1.165) is 11.8 Å². The van der Waals surface area contributed by atoms with Crippen LogP contribution in [0.2, 0.25) is 0 Å². The van der Waals surface area contributed by atoms with Gasteiger partial charge in [-0.25, -0.2) is 0 Å². The molecule has 0 aromatic heterocycles. The largest absolute Gasteiger partial charge is 0.0649 e. The summed E-state index contributed by atoms with van der Waals surface area (Å²) >= 11 is 0. The summed E-state index contributed by atoms with van der Waals surface area (Å²) in [6.07, 6.45) is 2.60. The van der Waals surface area contributed by atoms with E-state index in [9.17, 15) is 0 Å². The molecule has 0 aromatic carbocycles. The van der Waals surface area contributed by atoms with Crippen molar-refractivity contribution in [3.63, 3.8) is 0 Å². The molecule has 1 unspecified atom stereocenters. The molecule has 0 bridgehead atoms. The van der Waals surface area contributed by atoms with Crippen LogP contribution >= 0.6 is 0 Å². The monoisotopic (exact) mass is 294 g/mol. The van der Waals surface area contributed by atoms with Crippen LogP contribution in [0, 0.1) is 38.9 Å². The molecule has 0 heteroatoms. The number of hydrogen-bond donors (Lipinski definition) is 0. The van der Waals surface area contributed by atoms with Gasteiger partial charge in [0.15, 0.2) is 0 Å². The molecule has 0 heterocycles. The van der Waals surface area contributed by atoms with Crippen molar-refractivity contribution in [2.24, 2.45) is 38.9 Å². The van der Waals surface area contributed by atoms with Crippen molar-refractivity contribution >= 4 is 0 Å². The average Bonchev–Trinajstić information content (AvgIpc) is 2.35. The molecule has 1 atom stereocenters. The summed E-state index contributed by atoms with van der Waals surface area (Å²) in [5, 5.41) is 0. The molecule has 21 heavy (non-hydrogen) atoms. The van der Waals surface area contributed by atoms with E-state index >= 15 is 0 Å². The molecular weight excluding hydrogens is 252 g/mol. The third-order valence-electron chi connectivity index (χ3n) is 9.36. The van der Waals surface area contributed by atoms with Gasteiger partial charge in [-0.15, -0.1) is 0 Å². The maximum absolute atomic E-state index is 2.57. The Balaban J connectivity index is 3.31. The molecule has 126 valence electrons. The van der Waals surface area contributed by atoms with Gasteiger partial charge in [0.05, 0.1) is 0 Å². The summed E-state index contributed by atoms with van der Waals surface area (Å²) in [6, 6.07) is 0. The second-order valence-corrected chi connectivity index (χ2v) is 10.4. The van der Waals surface area contributed by atoms with E-state index < -0.39 is 0 Å². The second kappa shape index (κ2) is 5.00. The van der Waals surface area contributed by atoms with Crippen molar-refractivity contribution in [1.82, 2.24) is 0 Å². The van der Waals surface area contributed by atoms with Crippen LogP contribution in [0.1, 0.15) is 95.9 Å². The molecular formula is C21H42. The van der Waals surface area contributed by atoms with E-state index in [1.165, 1.54) is 12.8 Å².